The first-order valence-corrected chi connectivity index (χ1v) is 7.51. The van der Waals surface area contributed by atoms with E-state index in [4.69, 9.17) is 0 Å². The van der Waals surface area contributed by atoms with Gasteiger partial charge in [0.2, 0.25) is 0 Å². The van der Waals surface area contributed by atoms with Crippen LogP contribution in [-0.2, 0) is 6.54 Å². The molecule has 1 aromatic carbocycles. The fourth-order valence-electron chi connectivity index (χ4n) is 3.56. The minimum Gasteiger partial charge on any atom is -0.308 e. The molecule has 0 radical (unpaired) electrons. The van der Waals surface area contributed by atoms with Crippen molar-refractivity contribution in [3.05, 3.63) is 35.4 Å². The zero-order valence-corrected chi connectivity index (χ0v) is 12.0. The maximum absolute atomic E-state index is 13.8. The number of hydrogen-bond acceptors (Lipinski definition) is 2. The van der Waals surface area contributed by atoms with Crippen LogP contribution in [0.1, 0.15) is 38.2 Å². The fraction of sp³-hybridized carbons (Fsp3) is 0.625. The van der Waals surface area contributed by atoms with Crippen LogP contribution in [0.2, 0.25) is 0 Å². The van der Waals surface area contributed by atoms with Crippen LogP contribution in [0.15, 0.2) is 18.2 Å². The molecule has 110 valence electrons. The van der Waals surface area contributed by atoms with Crippen molar-refractivity contribution in [3.63, 3.8) is 0 Å². The van der Waals surface area contributed by atoms with Gasteiger partial charge in [-0.1, -0.05) is 18.9 Å². The molecule has 2 aliphatic rings. The van der Waals surface area contributed by atoms with Crippen molar-refractivity contribution in [1.82, 2.24) is 10.2 Å². The van der Waals surface area contributed by atoms with E-state index in [9.17, 15) is 8.78 Å². The van der Waals surface area contributed by atoms with Crippen LogP contribution in [0.3, 0.4) is 0 Å². The van der Waals surface area contributed by atoms with Crippen molar-refractivity contribution >= 4 is 0 Å². The lowest BCUT2D eigenvalue weighted by Gasteiger charge is -2.45. The van der Waals surface area contributed by atoms with Gasteiger partial charge in [-0.25, -0.2) is 8.78 Å². The highest BCUT2D eigenvalue weighted by Gasteiger charge is 2.39. The average molecular weight is 280 g/mol. The first kappa shape index (κ1) is 14.0. The number of benzene rings is 1. The molecule has 1 unspecified atom stereocenters. The molecule has 1 saturated carbocycles. The quantitative estimate of drug-likeness (QED) is 0.895. The van der Waals surface area contributed by atoms with Crippen molar-refractivity contribution in [3.8, 4) is 0 Å². The van der Waals surface area contributed by atoms with Crippen LogP contribution in [0.5, 0.6) is 0 Å². The third-order valence-electron chi connectivity index (χ3n) is 4.85. The van der Waals surface area contributed by atoms with Gasteiger partial charge in [0, 0.05) is 42.8 Å². The summed E-state index contributed by atoms with van der Waals surface area (Å²) in [7, 11) is 0. The summed E-state index contributed by atoms with van der Waals surface area (Å²) in [5.74, 6) is -0.942. The SMILES string of the molecule is CC1CNC2(CCCC2)CN1Cc1ccc(F)cc1F. The largest absolute Gasteiger partial charge is 0.308 e. The molecule has 1 heterocycles. The van der Waals surface area contributed by atoms with Crippen LogP contribution in [0.25, 0.3) is 0 Å². The predicted molar refractivity (Wildman–Crippen MR) is 75.4 cm³/mol. The molecule has 2 fully saturated rings. The molecule has 1 spiro atoms. The molecular weight excluding hydrogens is 258 g/mol. The third-order valence-corrected chi connectivity index (χ3v) is 4.85. The Balaban J connectivity index is 1.74. The lowest BCUT2D eigenvalue weighted by Crippen LogP contribution is -2.62. The normalized spacial score (nSPS) is 26.2. The first-order valence-electron chi connectivity index (χ1n) is 7.51. The molecule has 1 aromatic rings. The summed E-state index contributed by atoms with van der Waals surface area (Å²) in [6, 6.07) is 4.27. The Bertz CT molecular complexity index is 483. The molecule has 4 heteroatoms. The van der Waals surface area contributed by atoms with Gasteiger partial charge in [0.25, 0.3) is 0 Å². The van der Waals surface area contributed by atoms with E-state index < -0.39 is 11.6 Å². The minimum atomic E-state index is -0.508. The number of nitrogens with one attached hydrogen (secondary N) is 1. The molecule has 0 amide bonds. The van der Waals surface area contributed by atoms with Crippen LogP contribution in [0.4, 0.5) is 8.78 Å². The predicted octanol–water partition coefficient (Wildman–Crippen LogP) is 3.07. The smallest absolute Gasteiger partial charge is 0.130 e. The second-order valence-electron chi connectivity index (χ2n) is 6.36. The van der Waals surface area contributed by atoms with Gasteiger partial charge in [-0.05, 0) is 25.8 Å². The van der Waals surface area contributed by atoms with Crippen LogP contribution in [0, 0.1) is 11.6 Å². The Morgan fingerprint density at radius 2 is 2.05 bits per heavy atom. The molecule has 0 bridgehead atoms. The van der Waals surface area contributed by atoms with Gasteiger partial charge in [-0.2, -0.15) is 0 Å². The van der Waals surface area contributed by atoms with Crippen LogP contribution >= 0.6 is 0 Å². The van der Waals surface area contributed by atoms with Gasteiger partial charge in [0.15, 0.2) is 0 Å². The van der Waals surface area contributed by atoms with Gasteiger partial charge in [0.05, 0.1) is 0 Å². The van der Waals surface area contributed by atoms with E-state index in [2.05, 4.69) is 17.1 Å². The molecule has 1 aliphatic carbocycles. The molecule has 20 heavy (non-hydrogen) atoms. The van der Waals surface area contributed by atoms with Gasteiger partial charge < -0.3 is 5.32 Å². The molecule has 0 aromatic heterocycles. The van der Waals surface area contributed by atoms with E-state index in [-0.39, 0.29) is 5.54 Å². The summed E-state index contributed by atoms with van der Waals surface area (Å²) in [5, 5.41) is 3.69. The molecule has 1 N–H and O–H groups in total. The van der Waals surface area contributed by atoms with Gasteiger partial charge >= 0.3 is 0 Å². The fourth-order valence-corrected chi connectivity index (χ4v) is 3.56. The highest BCUT2D eigenvalue weighted by atomic mass is 19.1. The van der Waals surface area contributed by atoms with Crippen molar-refractivity contribution in [1.29, 1.82) is 0 Å². The minimum absolute atomic E-state index is 0.225. The Kier molecular flexibility index (Phi) is 3.78. The first-order chi connectivity index (χ1) is 9.58. The number of piperazine rings is 1. The molecule has 2 nitrogen and oxygen atoms in total. The maximum atomic E-state index is 13.8. The van der Waals surface area contributed by atoms with Crippen molar-refractivity contribution in [2.75, 3.05) is 13.1 Å². The average Bonchev–Trinajstić information content (AvgIpc) is 2.86. The zero-order valence-electron chi connectivity index (χ0n) is 12.0. The number of halogens is 2. The maximum Gasteiger partial charge on any atom is 0.130 e. The van der Waals surface area contributed by atoms with E-state index in [1.54, 1.807) is 6.07 Å². The summed E-state index contributed by atoms with van der Waals surface area (Å²) in [5.41, 5.74) is 0.816. The monoisotopic (exact) mass is 280 g/mol. The van der Waals surface area contributed by atoms with Gasteiger partial charge in [-0.15, -0.1) is 0 Å². The summed E-state index contributed by atoms with van der Waals surface area (Å²) in [4.78, 5) is 2.33. The van der Waals surface area contributed by atoms with E-state index in [0.717, 1.165) is 19.2 Å². The van der Waals surface area contributed by atoms with Crippen LogP contribution < -0.4 is 5.32 Å². The number of nitrogens with zero attached hydrogens (tertiary/aromatic N) is 1. The Morgan fingerprint density at radius 3 is 2.75 bits per heavy atom. The number of hydrogen-bond donors (Lipinski definition) is 1. The second-order valence-corrected chi connectivity index (χ2v) is 6.36. The highest BCUT2D eigenvalue weighted by molar-refractivity contribution is 5.19. The van der Waals surface area contributed by atoms with Gasteiger partial charge in [0.1, 0.15) is 11.6 Å². The molecule has 1 atom stereocenters. The molecule has 1 saturated heterocycles. The zero-order chi connectivity index (χ0) is 14.2. The van der Waals surface area contributed by atoms with E-state index in [0.29, 0.717) is 18.2 Å². The Hall–Kier alpha value is -1.00. The number of rotatable bonds is 2. The topological polar surface area (TPSA) is 15.3 Å². The Morgan fingerprint density at radius 1 is 1.30 bits per heavy atom. The lowest BCUT2D eigenvalue weighted by molar-refractivity contribution is 0.0816. The second kappa shape index (κ2) is 5.41. The summed E-state index contributed by atoms with van der Waals surface area (Å²) in [6.07, 6.45) is 4.98. The molecule has 1 aliphatic heterocycles. The van der Waals surface area contributed by atoms with E-state index in [1.165, 1.54) is 31.7 Å². The lowest BCUT2D eigenvalue weighted by atomic mass is 9.92. The van der Waals surface area contributed by atoms with E-state index >= 15 is 0 Å². The summed E-state index contributed by atoms with van der Waals surface area (Å²) >= 11 is 0. The summed E-state index contributed by atoms with van der Waals surface area (Å²) in [6.45, 7) is 4.64. The third kappa shape index (κ3) is 2.72. The van der Waals surface area contributed by atoms with Crippen molar-refractivity contribution in [2.24, 2.45) is 0 Å². The van der Waals surface area contributed by atoms with Crippen molar-refractivity contribution < 1.29 is 8.78 Å². The molecule has 3 rings (SSSR count). The van der Waals surface area contributed by atoms with Gasteiger partial charge in [-0.3, -0.25) is 4.90 Å². The standard InChI is InChI=1S/C16H22F2N2/c1-12-9-19-16(6-2-3-7-16)11-20(12)10-13-4-5-14(17)8-15(13)18/h4-5,8,12,19H,2-3,6-7,9-11H2,1H3. The summed E-state index contributed by atoms with van der Waals surface area (Å²) < 4.78 is 26.8. The van der Waals surface area contributed by atoms with Crippen molar-refractivity contribution in [2.45, 2.75) is 50.7 Å². The van der Waals surface area contributed by atoms with E-state index in [1.807, 2.05) is 0 Å². The molecular formula is C16H22F2N2. The highest BCUT2D eigenvalue weighted by Crippen LogP contribution is 2.33. The Labute approximate surface area is 119 Å². The van der Waals surface area contributed by atoms with Crippen LogP contribution in [-0.4, -0.2) is 29.6 Å².